The molecule has 1 fully saturated rings. The Hall–Kier alpha value is -3.03. The van der Waals surface area contributed by atoms with Gasteiger partial charge in [-0.2, -0.15) is 13.2 Å². The number of carbonyl (C=O) groups is 2. The van der Waals surface area contributed by atoms with Crippen LogP contribution in [0.1, 0.15) is 29.0 Å². The SMILES string of the molecule is COC(=O)[C@H]1[C@H](c2ccc(C(F)(F)F)cc2)CCN1C(=O)OCc1ccccc1. The molecule has 1 saturated heterocycles. The summed E-state index contributed by atoms with van der Waals surface area (Å²) in [5.41, 5.74) is 0.564. The Bertz CT molecular complexity index is 852. The maximum atomic E-state index is 12.8. The summed E-state index contributed by atoms with van der Waals surface area (Å²) in [6.07, 6.45) is -4.70. The van der Waals surface area contributed by atoms with E-state index in [1.807, 2.05) is 18.2 Å². The number of likely N-dealkylation sites (tertiary alicyclic amines) is 1. The van der Waals surface area contributed by atoms with Gasteiger partial charge >= 0.3 is 18.2 Å². The Morgan fingerprint density at radius 1 is 1.07 bits per heavy atom. The van der Waals surface area contributed by atoms with Gasteiger partial charge in [0.25, 0.3) is 0 Å². The molecule has 0 saturated carbocycles. The van der Waals surface area contributed by atoms with E-state index >= 15 is 0 Å². The highest BCUT2D eigenvalue weighted by Gasteiger charge is 2.44. The van der Waals surface area contributed by atoms with Crippen LogP contribution in [0.4, 0.5) is 18.0 Å². The summed E-state index contributed by atoms with van der Waals surface area (Å²) < 4.78 is 48.6. The molecule has 3 rings (SSSR count). The molecule has 0 unspecified atom stereocenters. The summed E-state index contributed by atoms with van der Waals surface area (Å²) in [6.45, 7) is 0.286. The number of methoxy groups -OCH3 is 1. The molecule has 2 aromatic rings. The zero-order valence-corrected chi connectivity index (χ0v) is 15.7. The molecule has 1 aliphatic rings. The van der Waals surface area contributed by atoms with E-state index in [4.69, 9.17) is 9.47 Å². The zero-order chi connectivity index (χ0) is 21.0. The van der Waals surface area contributed by atoms with Crippen LogP contribution in [0.2, 0.25) is 0 Å². The summed E-state index contributed by atoms with van der Waals surface area (Å²) >= 11 is 0. The molecule has 29 heavy (non-hydrogen) atoms. The lowest BCUT2D eigenvalue weighted by atomic mass is 9.91. The van der Waals surface area contributed by atoms with Crippen LogP contribution in [0.25, 0.3) is 0 Å². The normalized spacial score (nSPS) is 19.1. The van der Waals surface area contributed by atoms with Crippen molar-refractivity contribution in [2.24, 2.45) is 0 Å². The molecule has 0 aromatic heterocycles. The topological polar surface area (TPSA) is 55.8 Å². The third kappa shape index (κ3) is 4.70. The van der Waals surface area contributed by atoms with Gasteiger partial charge in [0.05, 0.1) is 12.7 Å². The fourth-order valence-electron chi connectivity index (χ4n) is 3.48. The van der Waals surface area contributed by atoms with Crippen molar-refractivity contribution in [1.82, 2.24) is 4.90 Å². The van der Waals surface area contributed by atoms with Gasteiger partial charge in [-0.1, -0.05) is 42.5 Å². The number of nitrogens with zero attached hydrogens (tertiary/aromatic N) is 1. The van der Waals surface area contributed by atoms with E-state index in [1.165, 1.54) is 24.1 Å². The van der Waals surface area contributed by atoms with Gasteiger partial charge in [-0.15, -0.1) is 0 Å². The van der Waals surface area contributed by atoms with Crippen LogP contribution in [0.3, 0.4) is 0 Å². The van der Waals surface area contributed by atoms with Gasteiger partial charge in [0.15, 0.2) is 0 Å². The van der Waals surface area contributed by atoms with E-state index < -0.39 is 35.8 Å². The summed E-state index contributed by atoms with van der Waals surface area (Å²) in [4.78, 5) is 26.2. The van der Waals surface area contributed by atoms with Gasteiger partial charge < -0.3 is 9.47 Å². The average Bonchev–Trinajstić information content (AvgIpc) is 3.17. The maximum Gasteiger partial charge on any atom is 0.416 e. The molecular formula is C21H20F3NO4. The van der Waals surface area contributed by atoms with Crippen molar-refractivity contribution in [3.8, 4) is 0 Å². The molecule has 0 radical (unpaired) electrons. The highest BCUT2D eigenvalue weighted by atomic mass is 19.4. The number of amides is 1. The van der Waals surface area contributed by atoms with Crippen molar-refractivity contribution in [1.29, 1.82) is 0 Å². The number of hydrogen-bond donors (Lipinski definition) is 0. The predicted molar refractivity (Wildman–Crippen MR) is 97.9 cm³/mol. The van der Waals surface area contributed by atoms with Gasteiger partial charge in [0.1, 0.15) is 12.6 Å². The number of hydrogen-bond acceptors (Lipinski definition) is 4. The van der Waals surface area contributed by atoms with E-state index in [9.17, 15) is 22.8 Å². The lowest BCUT2D eigenvalue weighted by molar-refractivity contribution is -0.146. The van der Waals surface area contributed by atoms with Crippen LogP contribution in [0.5, 0.6) is 0 Å². The van der Waals surface area contributed by atoms with Crippen molar-refractivity contribution in [2.45, 2.75) is 31.2 Å². The van der Waals surface area contributed by atoms with E-state index in [0.29, 0.717) is 12.0 Å². The van der Waals surface area contributed by atoms with E-state index in [0.717, 1.165) is 17.7 Å². The van der Waals surface area contributed by atoms with Crippen LogP contribution >= 0.6 is 0 Å². The molecule has 0 bridgehead atoms. The fraction of sp³-hybridized carbons (Fsp3) is 0.333. The Kier molecular flexibility index (Phi) is 6.10. The summed E-state index contributed by atoms with van der Waals surface area (Å²) in [7, 11) is 1.21. The van der Waals surface area contributed by atoms with E-state index in [-0.39, 0.29) is 13.2 Å². The van der Waals surface area contributed by atoms with Gasteiger partial charge in [-0.05, 0) is 29.7 Å². The number of esters is 1. The summed E-state index contributed by atoms with van der Waals surface area (Å²) in [5.74, 6) is -1.11. The Balaban J connectivity index is 1.76. The maximum absolute atomic E-state index is 12.8. The molecule has 154 valence electrons. The number of rotatable bonds is 4. The number of alkyl halides is 3. The summed E-state index contributed by atoms with van der Waals surface area (Å²) in [6, 6.07) is 12.7. The first-order chi connectivity index (χ1) is 13.8. The molecule has 0 aliphatic carbocycles. The van der Waals surface area contributed by atoms with Gasteiger partial charge in [-0.3, -0.25) is 4.90 Å². The fourth-order valence-corrected chi connectivity index (χ4v) is 3.48. The van der Waals surface area contributed by atoms with Crippen LogP contribution in [-0.4, -0.2) is 36.7 Å². The minimum Gasteiger partial charge on any atom is -0.467 e. The lowest BCUT2D eigenvalue weighted by Crippen LogP contribution is -2.43. The lowest BCUT2D eigenvalue weighted by Gasteiger charge is -2.25. The number of halogens is 3. The van der Waals surface area contributed by atoms with E-state index in [2.05, 4.69) is 0 Å². The first kappa shape index (κ1) is 20.7. The third-order valence-electron chi connectivity index (χ3n) is 4.95. The van der Waals surface area contributed by atoms with Gasteiger partial charge in [0, 0.05) is 12.5 Å². The van der Waals surface area contributed by atoms with Crippen molar-refractivity contribution in [2.75, 3.05) is 13.7 Å². The first-order valence-corrected chi connectivity index (χ1v) is 9.03. The standard InChI is InChI=1S/C21H20F3NO4/c1-28-19(26)18-17(15-7-9-16(10-8-15)21(22,23)24)11-12-25(18)20(27)29-13-14-5-3-2-4-6-14/h2-10,17-18H,11-13H2,1H3/t17-,18+/m0/s1. The summed E-state index contributed by atoms with van der Waals surface area (Å²) in [5, 5.41) is 0. The molecule has 2 aromatic carbocycles. The molecule has 8 heteroatoms. The second kappa shape index (κ2) is 8.55. The van der Waals surface area contributed by atoms with Crippen molar-refractivity contribution >= 4 is 12.1 Å². The van der Waals surface area contributed by atoms with Crippen LogP contribution in [0, 0.1) is 0 Å². The Morgan fingerprint density at radius 2 is 1.72 bits per heavy atom. The highest BCUT2D eigenvalue weighted by molar-refractivity contribution is 5.83. The number of ether oxygens (including phenoxy) is 2. The second-order valence-electron chi connectivity index (χ2n) is 6.72. The van der Waals surface area contributed by atoms with Crippen LogP contribution in [0.15, 0.2) is 54.6 Å². The molecule has 2 atom stereocenters. The molecule has 5 nitrogen and oxygen atoms in total. The number of benzene rings is 2. The third-order valence-corrected chi connectivity index (χ3v) is 4.95. The van der Waals surface area contributed by atoms with E-state index in [1.54, 1.807) is 12.1 Å². The quantitative estimate of drug-likeness (QED) is 0.707. The average molecular weight is 407 g/mol. The van der Waals surface area contributed by atoms with Crippen LogP contribution < -0.4 is 0 Å². The smallest absolute Gasteiger partial charge is 0.416 e. The van der Waals surface area contributed by atoms with Crippen molar-refractivity contribution in [3.63, 3.8) is 0 Å². The first-order valence-electron chi connectivity index (χ1n) is 9.03. The van der Waals surface area contributed by atoms with Crippen LogP contribution in [-0.2, 0) is 27.1 Å². The van der Waals surface area contributed by atoms with Gasteiger partial charge in [0.2, 0.25) is 0 Å². The minimum atomic E-state index is -4.44. The predicted octanol–water partition coefficient (Wildman–Crippen LogP) is 4.37. The molecule has 0 N–H and O–H groups in total. The largest absolute Gasteiger partial charge is 0.467 e. The van der Waals surface area contributed by atoms with Crippen molar-refractivity contribution < 1.29 is 32.2 Å². The molecular weight excluding hydrogens is 387 g/mol. The van der Waals surface area contributed by atoms with Crippen molar-refractivity contribution in [3.05, 3.63) is 71.3 Å². The Labute approximate surface area is 166 Å². The monoisotopic (exact) mass is 407 g/mol. The molecule has 1 amide bonds. The zero-order valence-electron chi connectivity index (χ0n) is 15.7. The number of carbonyl (C=O) groups excluding carboxylic acids is 2. The minimum absolute atomic E-state index is 0.0506. The molecule has 0 spiro atoms. The van der Waals surface area contributed by atoms with Gasteiger partial charge in [-0.25, -0.2) is 9.59 Å². The molecule has 1 heterocycles. The Morgan fingerprint density at radius 3 is 2.31 bits per heavy atom. The second-order valence-corrected chi connectivity index (χ2v) is 6.72. The molecule has 1 aliphatic heterocycles. The highest BCUT2D eigenvalue weighted by Crippen LogP contribution is 2.36.